The molecule has 2 heterocycles. The summed E-state index contributed by atoms with van der Waals surface area (Å²) in [6.07, 6.45) is 2.63. The van der Waals surface area contributed by atoms with Gasteiger partial charge in [0.25, 0.3) is 0 Å². The van der Waals surface area contributed by atoms with Crippen LogP contribution in [0, 0.1) is 0 Å². The van der Waals surface area contributed by atoms with E-state index in [9.17, 15) is 4.79 Å². The molecule has 3 aromatic rings. The zero-order chi connectivity index (χ0) is 15.1. The maximum absolute atomic E-state index is 12.2. The highest BCUT2D eigenvalue weighted by Crippen LogP contribution is 2.38. The van der Waals surface area contributed by atoms with E-state index in [1.54, 1.807) is 0 Å². The smallest absolute Gasteiger partial charge is 0.232 e. The van der Waals surface area contributed by atoms with Crippen molar-refractivity contribution in [3.8, 4) is 0 Å². The highest BCUT2D eigenvalue weighted by molar-refractivity contribution is 6.02. The van der Waals surface area contributed by atoms with Crippen LogP contribution in [0.25, 0.3) is 10.9 Å². The van der Waals surface area contributed by atoms with Crippen molar-refractivity contribution >= 4 is 22.5 Å². The van der Waals surface area contributed by atoms with Gasteiger partial charge in [0.1, 0.15) is 0 Å². The number of H-pyrrole nitrogens is 1. The Bertz CT molecular complexity index is 852. The van der Waals surface area contributed by atoms with Crippen LogP contribution in [0.1, 0.15) is 36.3 Å². The number of nitrogens with zero attached hydrogens (tertiary/aromatic N) is 1. The van der Waals surface area contributed by atoms with Gasteiger partial charge < -0.3 is 5.32 Å². The summed E-state index contributed by atoms with van der Waals surface area (Å²) in [6.45, 7) is 2.17. The van der Waals surface area contributed by atoms with E-state index in [4.69, 9.17) is 0 Å². The minimum atomic E-state index is -0.0661. The average Bonchev–Trinajstić information content (AvgIpc) is 3.11. The lowest BCUT2D eigenvalue weighted by molar-refractivity contribution is -0.117. The largest absolute Gasteiger partial charge is 0.325 e. The molecule has 2 aromatic carbocycles. The maximum atomic E-state index is 12.2. The first kappa shape index (κ1) is 13.1. The number of fused-ring (bicyclic) bond motifs is 2. The van der Waals surface area contributed by atoms with Crippen LogP contribution in [0.4, 0.5) is 5.69 Å². The van der Waals surface area contributed by atoms with Gasteiger partial charge in [0, 0.05) is 11.1 Å². The molecule has 0 radical (unpaired) electrons. The van der Waals surface area contributed by atoms with Crippen LogP contribution in [0.3, 0.4) is 0 Å². The van der Waals surface area contributed by atoms with E-state index < -0.39 is 0 Å². The van der Waals surface area contributed by atoms with Crippen molar-refractivity contribution in [1.82, 2.24) is 10.2 Å². The Morgan fingerprint density at radius 3 is 3.00 bits per heavy atom. The van der Waals surface area contributed by atoms with Gasteiger partial charge in [-0.2, -0.15) is 5.10 Å². The Balaban J connectivity index is 1.61. The van der Waals surface area contributed by atoms with Crippen molar-refractivity contribution in [2.75, 3.05) is 5.32 Å². The number of aromatic nitrogens is 2. The van der Waals surface area contributed by atoms with Gasteiger partial charge in [-0.1, -0.05) is 37.3 Å². The first-order valence-electron chi connectivity index (χ1n) is 7.55. The second-order valence-electron chi connectivity index (χ2n) is 5.98. The second-order valence-corrected chi connectivity index (χ2v) is 5.98. The number of hydrogen-bond donors (Lipinski definition) is 2. The summed E-state index contributed by atoms with van der Waals surface area (Å²) in [7, 11) is 0. The zero-order valence-electron chi connectivity index (χ0n) is 12.3. The normalized spacial score (nSPS) is 18.2. The van der Waals surface area contributed by atoms with E-state index in [1.165, 1.54) is 5.56 Å². The summed E-state index contributed by atoms with van der Waals surface area (Å²) < 4.78 is 0. The zero-order valence-corrected chi connectivity index (χ0v) is 12.3. The van der Waals surface area contributed by atoms with Gasteiger partial charge in [-0.25, -0.2) is 0 Å². The lowest BCUT2D eigenvalue weighted by Crippen LogP contribution is -2.14. The molecule has 0 bridgehead atoms. The molecule has 1 aliphatic heterocycles. The van der Waals surface area contributed by atoms with Crippen LogP contribution in [-0.4, -0.2) is 16.1 Å². The number of rotatable bonds is 3. The molecular weight excluding hydrogens is 274 g/mol. The Morgan fingerprint density at radius 1 is 1.23 bits per heavy atom. The van der Waals surface area contributed by atoms with E-state index in [0.717, 1.165) is 28.6 Å². The molecule has 4 nitrogen and oxygen atoms in total. The van der Waals surface area contributed by atoms with E-state index >= 15 is 0 Å². The van der Waals surface area contributed by atoms with Crippen LogP contribution in [0.15, 0.2) is 48.7 Å². The van der Waals surface area contributed by atoms with E-state index in [-0.39, 0.29) is 11.8 Å². The summed E-state index contributed by atoms with van der Waals surface area (Å²) in [5.74, 6) is 0.342. The fourth-order valence-electron chi connectivity index (χ4n) is 3.26. The number of aromatic amines is 1. The van der Waals surface area contributed by atoms with Crippen molar-refractivity contribution in [3.63, 3.8) is 0 Å². The standard InChI is InChI=1S/C18H17N3O/c1-11(12-6-7-13-10-19-21-17(13)9-12)8-15-14-4-2-3-5-16(14)20-18(15)22/h2-7,9-11,15H,8H2,1H3,(H,19,21)(H,20,22)/t11-,15?/m1/s1. The van der Waals surface area contributed by atoms with Crippen LogP contribution in [0.5, 0.6) is 0 Å². The summed E-state index contributed by atoms with van der Waals surface area (Å²) in [4.78, 5) is 12.2. The van der Waals surface area contributed by atoms with Crippen molar-refractivity contribution in [2.24, 2.45) is 0 Å². The predicted molar refractivity (Wildman–Crippen MR) is 86.9 cm³/mol. The quantitative estimate of drug-likeness (QED) is 0.771. The van der Waals surface area contributed by atoms with Gasteiger partial charge in [0.05, 0.1) is 17.6 Å². The number of carbonyl (C=O) groups is 1. The maximum Gasteiger partial charge on any atom is 0.232 e. The molecule has 4 heteroatoms. The van der Waals surface area contributed by atoms with E-state index in [2.05, 4.69) is 40.6 Å². The third-order valence-corrected chi connectivity index (χ3v) is 4.53. The molecule has 1 aliphatic rings. The lowest BCUT2D eigenvalue weighted by atomic mass is 9.86. The van der Waals surface area contributed by atoms with Crippen LogP contribution in [0.2, 0.25) is 0 Å². The lowest BCUT2D eigenvalue weighted by Gasteiger charge is -2.16. The summed E-state index contributed by atoms with van der Waals surface area (Å²) >= 11 is 0. The van der Waals surface area contributed by atoms with Crippen LogP contribution < -0.4 is 5.32 Å². The molecule has 110 valence electrons. The Morgan fingerprint density at radius 2 is 2.09 bits per heavy atom. The highest BCUT2D eigenvalue weighted by Gasteiger charge is 2.31. The molecule has 0 spiro atoms. The van der Waals surface area contributed by atoms with Crippen molar-refractivity contribution in [2.45, 2.75) is 25.2 Å². The van der Waals surface area contributed by atoms with Crippen molar-refractivity contribution in [1.29, 1.82) is 0 Å². The van der Waals surface area contributed by atoms with Gasteiger partial charge in [-0.3, -0.25) is 9.89 Å². The van der Waals surface area contributed by atoms with Crippen molar-refractivity contribution < 1.29 is 4.79 Å². The second kappa shape index (κ2) is 4.98. The molecule has 1 unspecified atom stereocenters. The molecule has 0 aliphatic carbocycles. The number of nitrogens with one attached hydrogen (secondary N) is 2. The summed E-state index contributed by atoms with van der Waals surface area (Å²) in [5, 5.41) is 11.1. The van der Waals surface area contributed by atoms with E-state index in [0.29, 0.717) is 5.92 Å². The third-order valence-electron chi connectivity index (χ3n) is 4.53. The first-order chi connectivity index (χ1) is 10.7. The molecule has 0 saturated heterocycles. The van der Waals surface area contributed by atoms with Crippen LogP contribution in [-0.2, 0) is 4.79 Å². The topological polar surface area (TPSA) is 57.8 Å². The monoisotopic (exact) mass is 291 g/mol. The average molecular weight is 291 g/mol. The fourth-order valence-corrected chi connectivity index (χ4v) is 3.26. The number of benzene rings is 2. The number of hydrogen-bond acceptors (Lipinski definition) is 2. The Kier molecular flexibility index (Phi) is 2.96. The molecule has 1 amide bonds. The first-order valence-corrected chi connectivity index (χ1v) is 7.55. The Labute approximate surface area is 128 Å². The van der Waals surface area contributed by atoms with Gasteiger partial charge in [-0.15, -0.1) is 0 Å². The van der Waals surface area contributed by atoms with Crippen molar-refractivity contribution in [3.05, 3.63) is 59.8 Å². The molecule has 2 N–H and O–H groups in total. The van der Waals surface area contributed by atoms with E-state index in [1.807, 2.05) is 30.5 Å². The number of carbonyl (C=O) groups excluding carboxylic acids is 1. The molecule has 1 aromatic heterocycles. The van der Waals surface area contributed by atoms with Gasteiger partial charge in [0.15, 0.2) is 0 Å². The molecular formula is C18H17N3O. The minimum absolute atomic E-state index is 0.0661. The Hall–Kier alpha value is -2.62. The molecule has 0 saturated carbocycles. The highest BCUT2D eigenvalue weighted by atomic mass is 16.2. The predicted octanol–water partition coefficient (Wildman–Crippen LogP) is 3.79. The SMILES string of the molecule is C[C@H](CC1C(=O)Nc2ccccc21)c1ccc2cn[nH]c2c1. The van der Waals surface area contributed by atoms with Crippen LogP contribution >= 0.6 is 0 Å². The van der Waals surface area contributed by atoms with Gasteiger partial charge in [-0.05, 0) is 35.6 Å². The molecule has 2 atom stereocenters. The van der Waals surface area contributed by atoms with Gasteiger partial charge >= 0.3 is 0 Å². The summed E-state index contributed by atoms with van der Waals surface area (Å²) in [5.41, 5.74) is 4.34. The number of para-hydroxylation sites is 1. The molecule has 0 fully saturated rings. The third kappa shape index (κ3) is 2.08. The summed E-state index contributed by atoms with van der Waals surface area (Å²) in [6, 6.07) is 14.3. The molecule has 22 heavy (non-hydrogen) atoms. The number of anilines is 1. The van der Waals surface area contributed by atoms with Gasteiger partial charge in [0.2, 0.25) is 5.91 Å². The number of amides is 1. The minimum Gasteiger partial charge on any atom is -0.325 e. The molecule has 4 rings (SSSR count). The fraction of sp³-hybridized carbons (Fsp3) is 0.222.